The van der Waals surface area contributed by atoms with E-state index in [1.54, 1.807) is 43.4 Å². The van der Waals surface area contributed by atoms with E-state index in [9.17, 15) is 9.59 Å². The monoisotopic (exact) mass is 448 g/mol. The maximum absolute atomic E-state index is 12.7. The normalized spacial score (nSPS) is 12.0. The lowest BCUT2D eigenvalue weighted by molar-refractivity contribution is -0.148. The molecule has 0 saturated heterocycles. The van der Waals surface area contributed by atoms with Crippen LogP contribution in [0.15, 0.2) is 46.5 Å². The van der Waals surface area contributed by atoms with Crippen molar-refractivity contribution in [2.24, 2.45) is 0 Å². The minimum Gasteiger partial charge on any atom is -0.463 e. The number of aromatic nitrogens is 1. The van der Waals surface area contributed by atoms with E-state index < -0.39 is 12.0 Å². The molecule has 0 fully saturated rings. The molecule has 1 amide bonds. The second kappa shape index (κ2) is 10.0. The number of nitrogens with one attached hydrogen (secondary N) is 1. The summed E-state index contributed by atoms with van der Waals surface area (Å²) in [6, 6.07) is 8.59. The Kier molecular flexibility index (Phi) is 7.41. The molecule has 8 heteroatoms. The van der Waals surface area contributed by atoms with Crippen molar-refractivity contribution in [2.75, 3.05) is 0 Å². The van der Waals surface area contributed by atoms with Gasteiger partial charge in [0.1, 0.15) is 5.01 Å². The fourth-order valence-corrected chi connectivity index (χ4v) is 4.59. The number of rotatable bonds is 8. The van der Waals surface area contributed by atoms with Crippen molar-refractivity contribution in [3.05, 3.63) is 62.8 Å². The van der Waals surface area contributed by atoms with Crippen molar-refractivity contribution in [3.63, 3.8) is 0 Å². The van der Waals surface area contributed by atoms with Gasteiger partial charge in [-0.15, -0.1) is 11.3 Å². The van der Waals surface area contributed by atoms with Gasteiger partial charge in [-0.2, -0.15) is 11.3 Å². The number of hydrogen-bond donors (Lipinski definition) is 1. The minimum absolute atomic E-state index is 0.00483. The fraction of sp³-hybridized carbons (Fsp3) is 0.286. The molecule has 1 aromatic carbocycles. The van der Waals surface area contributed by atoms with E-state index in [0.29, 0.717) is 16.3 Å². The fourth-order valence-electron chi connectivity index (χ4n) is 2.79. The van der Waals surface area contributed by atoms with Crippen molar-refractivity contribution < 1.29 is 14.3 Å². The van der Waals surface area contributed by atoms with E-state index in [2.05, 4.69) is 10.3 Å². The SMILES string of the molecule is CC(C)OC(=O)CC(NC(=O)Cc1csc(-c2ccsc2)n1)c1ccccc1Cl. The minimum atomic E-state index is -0.572. The number of nitrogens with zero attached hydrogens (tertiary/aromatic N) is 1. The van der Waals surface area contributed by atoms with Gasteiger partial charge in [0.2, 0.25) is 5.91 Å². The van der Waals surface area contributed by atoms with Gasteiger partial charge in [0.15, 0.2) is 0 Å². The Morgan fingerprint density at radius 1 is 1.21 bits per heavy atom. The lowest BCUT2D eigenvalue weighted by Gasteiger charge is -2.20. The van der Waals surface area contributed by atoms with Crippen molar-refractivity contribution >= 4 is 46.2 Å². The molecule has 0 bridgehead atoms. The van der Waals surface area contributed by atoms with Crippen molar-refractivity contribution in [1.29, 1.82) is 0 Å². The average Bonchev–Trinajstić information content (AvgIpc) is 3.32. The molecule has 2 aromatic heterocycles. The van der Waals surface area contributed by atoms with E-state index in [1.807, 2.05) is 28.3 Å². The molecular formula is C21H21ClN2O3S2. The summed E-state index contributed by atoms with van der Waals surface area (Å²) in [5.41, 5.74) is 2.42. The molecule has 0 aliphatic carbocycles. The van der Waals surface area contributed by atoms with Crippen LogP contribution in [-0.4, -0.2) is 23.0 Å². The Morgan fingerprint density at radius 2 is 2.00 bits per heavy atom. The van der Waals surface area contributed by atoms with Crippen molar-refractivity contribution in [3.8, 4) is 10.6 Å². The Hall–Kier alpha value is -2.22. The van der Waals surface area contributed by atoms with Gasteiger partial charge in [0.25, 0.3) is 0 Å². The molecule has 0 aliphatic heterocycles. The molecule has 5 nitrogen and oxygen atoms in total. The number of halogens is 1. The topological polar surface area (TPSA) is 68.3 Å². The van der Waals surface area contributed by atoms with Crippen molar-refractivity contribution in [2.45, 2.75) is 38.8 Å². The van der Waals surface area contributed by atoms with Crippen LogP contribution in [0.1, 0.15) is 37.6 Å². The number of ether oxygens (including phenoxy) is 1. The van der Waals surface area contributed by atoms with Gasteiger partial charge in [-0.05, 0) is 36.9 Å². The molecule has 1 unspecified atom stereocenters. The van der Waals surface area contributed by atoms with Crippen LogP contribution in [0.2, 0.25) is 5.02 Å². The second-order valence-electron chi connectivity index (χ2n) is 6.72. The Morgan fingerprint density at radius 3 is 2.69 bits per heavy atom. The number of benzene rings is 1. The molecule has 0 saturated carbocycles. The highest BCUT2D eigenvalue weighted by molar-refractivity contribution is 7.14. The largest absolute Gasteiger partial charge is 0.463 e. The molecule has 0 aliphatic rings. The van der Waals surface area contributed by atoms with Crippen LogP contribution in [0.25, 0.3) is 10.6 Å². The summed E-state index contributed by atoms with van der Waals surface area (Å²) in [4.78, 5) is 29.4. The van der Waals surface area contributed by atoms with Crippen LogP contribution in [0, 0.1) is 0 Å². The van der Waals surface area contributed by atoms with E-state index in [-0.39, 0.29) is 24.9 Å². The van der Waals surface area contributed by atoms with Gasteiger partial charge in [-0.3, -0.25) is 9.59 Å². The van der Waals surface area contributed by atoms with Gasteiger partial charge >= 0.3 is 5.97 Å². The molecule has 1 N–H and O–H groups in total. The highest BCUT2D eigenvalue weighted by Crippen LogP contribution is 2.27. The molecule has 0 radical (unpaired) electrons. The average molecular weight is 449 g/mol. The zero-order valence-electron chi connectivity index (χ0n) is 16.1. The van der Waals surface area contributed by atoms with Gasteiger partial charge in [0, 0.05) is 21.3 Å². The van der Waals surface area contributed by atoms with Crippen LogP contribution in [-0.2, 0) is 20.7 Å². The van der Waals surface area contributed by atoms with E-state index in [0.717, 1.165) is 10.6 Å². The Labute approximate surface area is 182 Å². The lowest BCUT2D eigenvalue weighted by atomic mass is 10.0. The van der Waals surface area contributed by atoms with Crippen LogP contribution in [0.3, 0.4) is 0 Å². The first-order valence-corrected chi connectivity index (χ1v) is 11.3. The quantitative estimate of drug-likeness (QED) is 0.477. The molecule has 1 atom stereocenters. The zero-order chi connectivity index (χ0) is 20.8. The van der Waals surface area contributed by atoms with Gasteiger partial charge in [0.05, 0.1) is 30.7 Å². The first kappa shape index (κ1) is 21.5. The molecule has 3 aromatic rings. The third-order valence-electron chi connectivity index (χ3n) is 4.02. The summed E-state index contributed by atoms with van der Waals surface area (Å²) >= 11 is 9.41. The van der Waals surface area contributed by atoms with E-state index in [1.165, 1.54) is 11.3 Å². The summed E-state index contributed by atoms with van der Waals surface area (Å²) in [5, 5.41) is 10.2. The van der Waals surface area contributed by atoms with Crippen LogP contribution in [0.4, 0.5) is 0 Å². The van der Waals surface area contributed by atoms with Crippen LogP contribution < -0.4 is 5.32 Å². The van der Waals surface area contributed by atoms with Crippen LogP contribution >= 0.6 is 34.3 Å². The molecule has 152 valence electrons. The lowest BCUT2D eigenvalue weighted by Crippen LogP contribution is -2.32. The maximum atomic E-state index is 12.7. The van der Waals surface area contributed by atoms with Gasteiger partial charge in [-0.25, -0.2) is 4.98 Å². The first-order chi connectivity index (χ1) is 13.9. The number of carbonyl (C=O) groups excluding carboxylic acids is 2. The van der Waals surface area contributed by atoms with E-state index >= 15 is 0 Å². The first-order valence-electron chi connectivity index (χ1n) is 9.12. The van der Waals surface area contributed by atoms with Gasteiger partial charge in [-0.1, -0.05) is 29.8 Å². The number of thiophene rings is 1. The number of esters is 1. The Bertz CT molecular complexity index is 970. The smallest absolute Gasteiger partial charge is 0.308 e. The third kappa shape index (κ3) is 6.13. The molecular weight excluding hydrogens is 428 g/mol. The number of thiazole rings is 1. The van der Waals surface area contributed by atoms with Crippen molar-refractivity contribution in [1.82, 2.24) is 10.3 Å². The zero-order valence-corrected chi connectivity index (χ0v) is 18.4. The summed E-state index contributed by atoms with van der Waals surface area (Å²) < 4.78 is 5.24. The highest BCUT2D eigenvalue weighted by Gasteiger charge is 2.22. The van der Waals surface area contributed by atoms with Gasteiger partial charge < -0.3 is 10.1 Å². The molecule has 3 rings (SSSR count). The van der Waals surface area contributed by atoms with Crippen LogP contribution in [0.5, 0.6) is 0 Å². The van der Waals surface area contributed by atoms with E-state index in [4.69, 9.17) is 16.3 Å². The second-order valence-corrected chi connectivity index (χ2v) is 8.76. The molecule has 29 heavy (non-hydrogen) atoms. The number of hydrogen-bond acceptors (Lipinski definition) is 6. The summed E-state index contributed by atoms with van der Waals surface area (Å²) in [7, 11) is 0. The maximum Gasteiger partial charge on any atom is 0.308 e. The standard InChI is InChI=1S/C21H21ClN2O3S2/c1-13(2)27-20(26)10-18(16-5-3-4-6-17(16)22)24-19(25)9-15-12-29-21(23-15)14-7-8-28-11-14/h3-8,11-13,18H,9-10H2,1-2H3,(H,24,25). The summed E-state index contributed by atoms with van der Waals surface area (Å²) in [6.45, 7) is 3.57. The predicted octanol–water partition coefficient (Wildman–Crippen LogP) is 5.27. The Balaban J connectivity index is 1.70. The summed E-state index contributed by atoms with van der Waals surface area (Å²) in [6.07, 6.45) is -0.0956. The third-order valence-corrected chi connectivity index (χ3v) is 5.98. The predicted molar refractivity (Wildman–Crippen MR) is 117 cm³/mol. The highest BCUT2D eigenvalue weighted by atomic mass is 35.5. The summed E-state index contributed by atoms with van der Waals surface area (Å²) in [5.74, 6) is -0.618. The molecule has 0 spiro atoms. The number of amides is 1. The molecule has 2 heterocycles. The number of carbonyl (C=O) groups is 2.